The summed E-state index contributed by atoms with van der Waals surface area (Å²) in [5, 5.41) is 0. The Bertz CT molecular complexity index is 681. The summed E-state index contributed by atoms with van der Waals surface area (Å²) >= 11 is 6.45. The predicted molar refractivity (Wildman–Crippen MR) is 81.3 cm³/mol. The first kappa shape index (κ1) is 16.2. The summed E-state index contributed by atoms with van der Waals surface area (Å²) in [4.78, 5) is 12.2. The Balaban J connectivity index is 2.33. The summed E-state index contributed by atoms with van der Waals surface area (Å²) in [7, 11) is 0. The minimum absolute atomic E-state index is 0.0283. The minimum Gasteiger partial charge on any atom is -0.294 e. The SMILES string of the molecule is O=C(Cc1ccccc1Br)c1cc(C(F)(F)F)ccc1Br. The van der Waals surface area contributed by atoms with Crippen LogP contribution in [0.4, 0.5) is 13.2 Å². The van der Waals surface area contributed by atoms with Crippen molar-refractivity contribution in [3.63, 3.8) is 0 Å². The number of carbonyl (C=O) groups excluding carboxylic acids is 1. The fourth-order valence-corrected chi connectivity index (χ4v) is 2.72. The molecule has 0 spiro atoms. The molecule has 1 nitrogen and oxygen atoms in total. The number of hydrogen-bond acceptors (Lipinski definition) is 1. The maximum Gasteiger partial charge on any atom is 0.416 e. The van der Waals surface area contributed by atoms with E-state index in [4.69, 9.17) is 0 Å². The normalized spacial score (nSPS) is 11.5. The number of hydrogen-bond donors (Lipinski definition) is 0. The van der Waals surface area contributed by atoms with E-state index in [1.165, 1.54) is 6.07 Å². The van der Waals surface area contributed by atoms with Crippen molar-refractivity contribution in [2.75, 3.05) is 0 Å². The van der Waals surface area contributed by atoms with E-state index in [1.54, 1.807) is 24.3 Å². The lowest BCUT2D eigenvalue weighted by Gasteiger charge is -2.10. The van der Waals surface area contributed by atoms with Gasteiger partial charge in [-0.05, 0) is 29.8 Å². The molecule has 2 aromatic rings. The van der Waals surface area contributed by atoms with Gasteiger partial charge in [0.15, 0.2) is 5.78 Å². The van der Waals surface area contributed by atoms with E-state index in [0.717, 1.165) is 22.2 Å². The van der Waals surface area contributed by atoms with E-state index >= 15 is 0 Å². The van der Waals surface area contributed by atoms with Crippen LogP contribution in [0.2, 0.25) is 0 Å². The predicted octanol–water partition coefficient (Wildman–Crippen LogP) is 5.66. The van der Waals surface area contributed by atoms with Gasteiger partial charge >= 0.3 is 6.18 Å². The summed E-state index contributed by atoms with van der Waals surface area (Å²) in [6, 6.07) is 10.2. The van der Waals surface area contributed by atoms with Crippen molar-refractivity contribution in [3.05, 3.63) is 68.1 Å². The van der Waals surface area contributed by atoms with Crippen LogP contribution in [-0.2, 0) is 12.6 Å². The maximum absolute atomic E-state index is 12.7. The Labute approximate surface area is 136 Å². The zero-order valence-electron chi connectivity index (χ0n) is 10.5. The molecule has 0 aliphatic carbocycles. The van der Waals surface area contributed by atoms with Crippen molar-refractivity contribution >= 4 is 37.6 Å². The summed E-state index contributed by atoms with van der Waals surface area (Å²) < 4.78 is 39.3. The van der Waals surface area contributed by atoms with Crippen LogP contribution in [0, 0.1) is 0 Å². The van der Waals surface area contributed by atoms with Crippen molar-refractivity contribution in [1.29, 1.82) is 0 Å². The van der Waals surface area contributed by atoms with Gasteiger partial charge in [-0.2, -0.15) is 13.2 Å². The monoisotopic (exact) mass is 420 g/mol. The van der Waals surface area contributed by atoms with Crippen LogP contribution in [0.15, 0.2) is 51.4 Å². The van der Waals surface area contributed by atoms with E-state index in [-0.39, 0.29) is 17.8 Å². The molecule has 110 valence electrons. The molecular weight excluding hydrogens is 413 g/mol. The van der Waals surface area contributed by atoms with E-state index in [9.17, 15) is 18.0 Å². The zero-order valence-corrected chi connectivity index (χ0v) is 13.7. The summed E-state index contributed by atoms with van der Waals surface area (Å²) in [5.74, 6) is -0.375. The van der Waals surface area contributed by atoms with Crippen LogP contribution in [-0.4, -0.2) is 5.78 Å². The summed E-state index contributed by atoms with van der Waals surface area (Å²) in [6.45, 7) is 0. The molecule has 2 aromatic carbocycles. The van der Waals surface area contributed by atoms with Crippen LogP contribution >= 0.6 is 31.9 Å². The highest BCUT2D eigenvalue weighted by molar-refractivity contribution is 9.10. The number of rotatable bonds is 3. The van der Waals surface area contributed by atoms with Gasteiger partial charge in [0.1, 0.15) is 0 Å². The van der Waals surface area contributed by atoms with Crippen LogP contribution in [0.3, 0.4) is 0 Å². The highest BCUT2D eigenvalue weighted by Gasteiger charge is 2.31. The highest BCUT2D eigenvalue weighted by atomic mass is 79.9. The van der Waals surface area contributed by atoms with Gasteiger partial charge in [0.05, 0.1) is 5.56 Å². The Morgan fingerprint density at radius 2 is 1.67 bits per heavy atom. The lowest BCUT2D eigenvalue weighted by atomic mass is 10.0. The molecule has 0 fully saturated rings. The Morgan fingerprint density at radius 3 is 2.29 bits per heavy atom. The standard InChI is InChI=1S/C15H9Br2F3O/c16-12-4-2-1-3-9(12)7-14(21)11-8-10(15(18,19)20)5-6-13(11)17/h1-6,8H,7H2. The molecule has 0 atom stereocenters. The van der Waals surface area contributed by atoms with Gasteiger partial charge in [-0.1, -0.05) is 50.1 Å². The molecule has 0 aliphatic rings. The van der Waals surface area contributed by atoms with Gasteiger partial charge in [-0.3, -0.25) is 4.79 Å². The van der Waals surface area contributed by atoms with Crippen molar-refractivity contribution < 1.29 is 18.0 Å². The van der Waals surface area contributed by atoms with Crippen LogP contribution < -0.4 is 0 Å². The van der Waals surface area contributed by atoms with Crippen LogP contribution in [0.25, 0.3) is 0 Å². The molecule has 0 aliphatic heterocycles. The first-order chi connectivity index (χ1) is 9.79. The maximum atomic E-state index is 12.7. The second-order valence-electron chi connectivity index (χ2n) is 4.38. The average molecular weight is 422 g/mol. The molecule has 0 amide bonds. The molecule has 0 bridgehead atoms. The summed E-state index contributed by atoms with van der Waals surface area (Å²) in [5.41, 5.74) is -0.0754. The Hall–Kier alpha value is -1.14. The van der Waals surface area contributed by atoms with Gasteiger partial charge in [0, 0.05) is 20.9 Å². The second-order valence-corrected chi connectivity index (χ2v) is 6.09. The second kappa shape index (κ2) is 6.32. The van der Waals surface area contributed by atoms with Crippen molar-refractivity contribution in [1.82, 2.24) is 0 Å². The van der Waals surface area contributed by atoms with Crippen molar-refractivity contribution in [3.8, 4) is 0 Å². The third-order valence-corrected chi connectivity index (χ3v) is 4.37. The van der Waals surface area contributed by atoms with Gasteiger partial charge in [0.25, 0.3) is 0 Å². The lowest BCUT2D eigenvalue weighted by Crippen LogP contribution is -2.10. The number of carbonyl (C=O) groups is 1. The fourth-order valence-electron chi connectivity index (χ4n) is 1.83. The van der Waals surface area contributed by atoms with E-state index in [1.807, 2.05) is 0 Å². The first-order valence-electron chi connectivity index (χ1n) is 5.92. The molecule has 2 rings (SSSR count). The minimum atomic E-state index is -4.47. The third-order valence-electron chi connectivity index (χ3n) is 2.90. The Morgan fingerprint density at radius 1 is 1.00 bits per heavy atom. The molecular formula is C15H9Br2F3O. The van der Waals surface area contributed by atoms with E-state index in [0.29, 0.717) is 4.47 Å². The molecule has 0 aromatic heterocycles. The first-order valence-corrected chi connectivity index (χ1v) is 7.51. The van der Waals surface area contributed by atoms with Crippen LogP contribution in [0.1, 0.15) is 21.5 Å². The van der Waals surface area contributed by atoms with E-state index < -0.39 is 11.7 Å². The number of alkyl halides is 3. The zero-order chi connectivity index (χ0) is 15.6. The van der Waals surface area contributed by atoms with Crippen LogP contribution in [0.5, 0.6) is 0 Å². The fraction of sp³-hybridized carbons (Fsp3) is 0.133. The van der Waals surface area contributed by atoms with Crippen molar-refractivity contribution in [2.45, 2.75) is 12.6 Å². The molecule has 0 unspecified atom stereocenters. The molecule has 0 saturated heterocycles. The van der Waals surface area contributed by atoms with E-state index in [2.05, 4.69) is 31.9 Å². The van der Waals surface area contributed by atoms with Gasteiger partial charge < -0.3 is 0 Å². The van der Waals surface area contributed by atoms with Gasteiger partial charge in [-0.15, -0.1) is 0 Å². The summed E-state index contributed by atoms with van der Waals surface area (Å²) in [6.07, 6.45) is -4.44. The third kappa shape index (κ3) is 3.95. The topological polar surface area (TPSA) is 17.1 Å². The van der Waals surface area contributed by atoms with Gasteiger partial charge in [0.2, 0.25) is 0 Å². The number of halogens is 5. The Kier molecular flexibility index (Phi) is 4.88. The largest absolute Gasteiger partial charge is 0.416 e. The number of Topliss-reactive ketones (excluding diaryl/α,β-unsaturated/α-hetero) is 1. The highest BCUT2D eigenvalue weighted by Crippen LogP contribution is 2.32. The molecule has 0 saturated carbocycles. The van der Waals surface area contributed by atoms with Gasteiger partial charge in [-0.25, -0.2) is 0 Å². The molecule has 0 heterocycles. The molecule has 0 N–H and O–H groups in total. The number of ketones is 1. The molecule has 0 radical (unpaired) electrons. The molecule has 21 heavy (non-hydrogen) atoms. The lowest BCUT2D eigenvalue weighted by molar-refractivity contribution is -0.137. The molecule has 6 heteroatoms. The van der Waals surface area contributed by atoms with Crippen molar-refractivity contribution in [2.24, 2.45) is 0 Å². The smallest absolute Gasteiger partial charge is 0.294 e. The quantitative estimate of drug-likeness (QED) is 0.584. The average Bonchev–Trinajstić information content (AvgIpc) is 2.40. The number of benzene rings is 2.